The number of rotatable bonds is 6. The second kappa shape index (κ2) is 6.20. The maximum absolute atomic E-state index is 10.2. The van der Waals surface area contributed by atoms with Gasteiger partial charge in [0.15, 0.2) is 5.03 Å². The van der Waals surface area contributed by atoms with Crippen LogP contribution in [0.1, 0.15) is 0 Å². The summed E-state index contributed by atoms with van der Waals surface area (Å²) in [6.45, 7) is -0.319. The molecule has 0 heterocycles. The Hall–Kier alpha value is -1.53. The van der Waals surface area contributed by atoms with Gasteiger partial charge in [-0.25, -0.2) is 10.1 Å². The van der Waals surface area contributed by atoms with Crippen molar-refractivity contribution >= 4 is 0 Å². The topological polar surface area (TPSA) is 115 Å². The molecule has 0 unspecified atom stereocenters. The van der Waals surface area contributed by atoms with Crippen LogP contribution in [-0.4, -0.2) is 41.4 Å². The molecule has 0 fully saturated rings. The average Bonchev–Trinajstić information content (AvgIpc) is 2.03. The van der Waals surface area contributed by atoms with Crippen LogP contribution in [0.25, 0.3) is 10.4 Å². The van der Waals surface area contributed by atoms with Crippen LogP contribution in [0, 0.1) is 10.1 Å². The molecule has 8 heteroatoms. The van der Waals surface area contributed by atoms with E-state index < -0.39 is 5.03 Å². The quantitative estimate of drug-likeness (QED) is 0.197. The first-order chi connectivity index (χ1) is 5.72. The summed E-state index contributed by atoms with van der Waals surface area (Å²) in [5.41, 5.74) is 7.87. The van der Waals surface area contributed by atoms with Crippen LogP contribution in [0.3, 0.4) is 0 Å². The molecule has 0 amide bonds. The standard InChI is InChI=1S/C4H9N5O3/c5-7-6-1-2-8(3-4-10)9(11)12/h10H,1-4H2. The first-order valence-corrected chi connectivity index (χ1v) is 3.23. The highest BCUT2D eigenvalue weighted by Crippen LogP contribution is 1.87. The van der Waals surface area contributed by atoms with Crippen molar-refractivity contribution < 1.29 is 10.1 Å². The molecule has 0 aromatic heterocycles. The summed E-state index contributed by atoms with van der Waals surface area (Å²) in [5, 5.41) is 21.8. The minimum absolute atomic E-state index is 0.0115. The van der Waals surface area contributed by atoms with Gasteiger partial charge in [-0.05, 0) is 5.53 Å². The fraction of sp³-hybridized carbons (Fsp3) is 1.00. The fourth-order valence-corrected chi connectivity index (χ4v) is 0.595. The monoisotopic (exact) mass is 175 g/mol. The summed E-state index contributed by atoms with van der Waals surface area (Å²) in [5.74, 6) is 0. The number of nitro groups is 1. The van der Waals surface area contributed by atoms with Gasteiger partial charge in [0, 0.05) is 11.5 Å². The Morgan fingerprint density at radius 2 is 2.33 bits per heavy atom. The second-order valence-electron chi connectivity index (χ2n) is 1.87. The molecule has 0 aliphatic rings. The lowest BCUT2D eigenvalue weighted by molar-refractivity contribution is -0.655. The van der Waals surface area contributed by atoms with E-state index in [0.717, 1.165) is 5.01 Å². The van der Waals surface area contributed by atoms with Gasteiger partial charge in [0.2, 0.25) is 0 Å². The molecule has 8 nitrogen and oxygen atoms in total. The lowest BCUT2D eigenvalue weighted by Gasteiger charge is -2.10. The van der Waals surface area contributed by atoms with E-state index in [9.17, 15) is 10.1 Å². The van der Waals surface area contributed by atoms with Crippen molar-refractivity contribution in [2.24, 2.45) is 5.11 Å². The van der Waals surface area contributed by atoms with E-state index in [1.807, 2.05) is 0 Å². The van der Waals surface area contributed by atoms with Crippen LogP contribution in [0.15, 0.2) is 5.11 Å². The van der Waals surface area contributed by atoms with Gasteiger partial charge in [0.25, 0.3) is 0 Å². The van der Waals surface area contributed by atoms with Crippen LogP contribution in [0.2, 0.25) is 0 Å². The Morgan fingerprint density at radius 1 is 1.67 bits per heavy atom. The molecule has 0 bridgehead atoms. The Bertz CT molecular complexity index is 189. The van der Waals surface area contributed by atoms with E-state index in [0.29, 0.717) is 0 Å². The van der Waals surface area contributed by atoms with Gasteiger partial charge >= 0.3 is 0 Å². The second-order valence-corrected chi connectivity index (χ2v) is 1.87. The third kappa shape index (κ3) is 4.31. The molecule has 0 aromatic carbocycles. The van der Waals surface area contributed by atoms with Gasteiger partial charge in [-0.2, -0.15) is 0 Å². The Kier molecular flexibility index (Phi) is 5.41. The van der Waals surface area contributed by atoms with Gasteiger partial charge in [-0.15, -0.1) is 5.01 Å². The highest BCUT2D eigenvalue weighted by Gasteiger charge is 2.11. The van der Waals surface area contributed by atoms with Crippen LogP contribution >= 0.6 is 0 Å². The molecule has 0 rings (SSSR count). The fourth-order valence-electron chi connectivity index (χ4n) is 0.595. The third-order valence-electron chi connectivity index (χ3n) is 1.11. The van der Waals surface area contributed by atoms with Gasteiger partial charge < -0.3 is 5.11 Å². The molecule has 68 valence electrons. The summed E-state index contributed by atoms with van der Waals surface area (Å²) < 4.78 is 0. The molecular weight excluding hydrogens is 166 g/mol. The molecule has 0 saturated carbocycles. The first-order valence-electron chi connectivity index (χ1n) is 3.23. The van der Waals surface area contributed by atoms with Crippen LogP contribution in [0.4, 0.5) is 0 Å². The van der Waals surface area contributed by atoms with E-state index in [4.69, 9.17) is 10.6 Å². The van der Waals surface area contributed by atoms with Gasteiger partial charge in [-0.3, -0.25) is 0 Å². The van der Waals surface area contributed by atoms with Gasteiger partial charge in [-0.1, -0.05) is 5.11 Å². The highest BCUT2D eigenvalue weighted by atomic mass is 16.7. The van der Waals surface area contributed by atoms with E-state index in [2.05, 4.69) is 10.0 Å². The van der Waals surface area contributed by atoms with Gasteiger partial charge in [0.1, 0.15) is 6.54 Å². The maximum atomic E-state index is 10.2. The minimum Gasteiger partial charge on any atom is -0.394 e. The third-order valence-corrected chi connectivity index (χ3v) is 1.11. The molecule has 0 aliphatic carbocycles. The summed E-state index contributed by atoms with van der Waals surface area (Å²) in [7, 11) is 0. The largest absolute Gasteiger partial charge is 0.394 e. The zero-order chi connectivity index (χ0) is 9.40. The Morgan fingerprint density at radius 3 is 2.75 bits per heavy atom. The lowest BCUT2D eigenvalue weighted by Crippen LogP contribution is -2.34. The number of azide groups is 1. The molecule has 0 aliphatic heterocycles. The number of hydrogen-bond acceptors (Lipinski definition) is 4. The van der Waals surface area contributed by atoms with Crippen LogP contribution in [-0.2, 0) is 0 Å². The zero-order valence-corrected chi connectivity index (χ0v) is 6.33. The summed E-state index contributed by atoms with van der Waals surface area (Å²) >= 11 is 0. The Labute approximate surface area is 68.1 Å². The van der Waals surface area contributed by atoms with Crippen molar-refractivity contribution in [3.8, 4) is 0 Å². The molecule has 0 aromatic rings. The van der Waals surface area contributed by atoms with Crippen molar-refractivity contribution in [2.45, 2.75) is 0 Å². The smallest absolute Gasteiger partial charge is 0.160 e. The highest BCUT2D eigenvalue weighted by molar-refractivity contribution is 4.50. The molecule has 0 atom stereocenters. The molecule has 0 radical (unpaired) electrons. The van der Waals surface area contributed by atoms with Crippen molar-refractivity contribution in [2.75, 3.05) is 26.2 Å². The average molecular weight is 175 g/mol. The summed E-state index contributed by atoms with van der Waals surface area (Å²) in [6, 6.07) is 0. The van der Waals surface area contributed by atoms with E-state index >= 15 is 0 Å². The van der Waals surface area contributed by atoms with E-state index in [1.54, 1.807) is 0 Å². The van der Waals surface area contributed by atoms with Crippen molar-refractivity contribution in [1.29, 1.82) is 0 Å². The minimum atomic E-state index is -0.636. The zero-order valence-electron chi connectivity index (χ0n) is 6.33. The molecule has 0 saturated heterocycles. The lowest BCUT2D eigenvalue weighted by atomic mass is 10.6. The summed E-state index contributed by atoms with van der Waals surface area (Å²) in [6.07, 6.45) is 0. The van der Waals surface area contributed by atoms with Crippen molar-refractivity contribution in [3.63, 3.8) is 0 Å². The molecule has 1 N–H and O–H groups in total. The van der Waals surface area contributed by atoms with Crippen LogP contribution in [0.5, 0.6) is 0 Å². The predicted molar refractivity (Wildman–Crippen MR) is 39.7 cm³/mol. The van der Waals surface area contributed by atoms with E-state index in [-0.39, 0.29) is 26.2 Å². The normalized spacial score (nSPS) is 8.75. The summed E-state index contributed by atoms with van der Waals surface area (Å²) in [4.78, 5) is 12.6. The van der Waals surface area contributed by atoms with Crippen molar-refractivity contribution in [3.05, 3.63) is 20.6 Å². The molecule has 12 heavy (non-hydrogen) atoms. The SMILES string of the molecule is [N-]=[N+]=NCCN(CCO)[N+](=O)[O-]. The maximum Gasteiger partial charge on any atom is 0.160 e. The van der Waals surface area contributed by atoms with E-state index in [1.165, 1.54) is 0 Å². The number of aliphatic hydroxyl groups is 1. The number of aliphatic hydroxyl groups excluding tert-OH is 1. The predicted octanol–water partition coefficient (Wildman–Crippen LogP) is -0.217. The van der Waals surface area contributed by atoms with Crippen molar-refractivity contribution in [1.82, 2.24) is 5.01 Å². The number of hydrazine groups is 1. The van der Waals surface area contributed by atoms with Crippen LogP contribution < -0.4 is 0 Å². The number of nitrogens with zero attached hydrogens (tertiary/aromatic N) is 5. The molecular formula is C4H9N5O3. The number of hydrogen-bond donors (Lipinski definition) is 1. The first kappa shape index (κ1) is 10.5. The molecule has 0 spiro atoms. The Balaban J connectivity index is 3.78. The van der Waals surface area contributed by atoms with Gasteiger partial charge in [0.05, 0.1) is 13.2 Å².